The van der Waals surface area contributed by atoms with Crippen LogP contribution in [0, 0.1) is 0 Å². The molecule has 0 radical (unpaired) electrons. The summed E-state index contributed by atoms with van der Waals surface area (Å²) in [6, 6.07) is 0. The Bertz CT molecular complexity index is 1530. The summed E-state index contributed by atoms with van der Waals surface area (Å²) in [7, 11) is 0. The lowest BCUT2D eigenvalue weighted by molar-refractivity contribution is -0.167. The predicted molar refractivity (Wildman–Crippen MR) is 339 cm³/mol. The largest absolute Gasteiger partial charge is 0.462 e. The van der Waals surface area contributed by atoms with Crippen LogP contribution in [0.15, 0.2) is 97.2 Å². The van der Waals surface area contributed by atoms with E-state index in [0.29, 0.717) is 19.3 Å². The van der Waals surface area contributed by atoms with Crippen LogP contribution in [0.1, 0.15) is 323 Å². The van der Waals surface area contributed by atoms with Gasteiger partial charge in [0, 0.05) is 19.3 Å². The number of ether oxygens (including phenoxy) is 3. The van der Waals surface area contributed by atoms with E-state index in [-0.39, 0.29) is 31.1 Å². The number of hydrogen-bond acceptors (Lipinski definition) is 6. The number of rotatable bonds is 60. The molecule has 0 saturated carbocycles. The number of carbonyl (C=O) groups excluding carboxylic acids is 3. The molecule has 0 aromatic heterocycles. The van der Waals surface area contributed by atoms with Gasteiger partial charge < -0.3 is 14.2 Å². The maximum atomic E-state index is 12.9. The Morgan fingerprint density at radius 1 is 0.269 bits per heavy atom. The Kier molecular flexibility index (Phi) is 62.7. The first kappa shape index (κ1) is 74.3. The highest BCUT2D eigenvalue weighted by molar-refractivity contribution is 5.71. The summed E-state index contributed by atoms with van der Waals surface area (Å²) in [5.41, 5.74) is 0. The molecule has 0 N–H and O–H groups in total. The molecule has 0 aromatic rings. The van der Waals surface area contributed by atoms with Gasteiger partial charge in [0.25, 0.3) is 0 Å². The third-order valence-electron chi connectivity index (χ3n) is 14.3. The fraction of sp³-hybridized carbons (Fsp3) is 0.736. The zero-order valence-corrected chi connectivity index (χ0v) is 51.4. The monoisotopic (exact) mass is 1080 g/mol. The number of unbranched alkanes of at least 4 members (excludes halogenated alkanes) is 33. The molecule has 78 heavy (non-hydrogen) atoms. The molecule has 6 nitrogen and oxygen atoms in total. The van der Waals surface area contributed by atoms with E-state index in [0.717, 1.165) is 135 Å². The number of allylic oxidation sites excluding steroid dienone is 16. The van der Waals surface area contributed by atoms with Crippen LogP contribution in [0.3, 0.4) is 0 Å². The standard InChI is InChI=1S/C72H124O6/c1-4-7-10-13-16-19-22-25-28-31-33-35-37-38-41-44-47-50-53-56-59-62-65-71(74)77-68-69(67-76-70(73)64-61-58-55-52-49-46-43-40-30-27-24-21-18-15-12-9-6-3)78-72(75)66-63-60-57-54-51-48-45-42-39-36-34-32-29-26-23-20-17-14-11-8-5-2/h8-9,11-12,17-18,20-21,26-27,29-30,34,36,42,45,69H,4-7,10,13-16,19,22-25,28,31-33,35,37-41,43-44,46-68H2,1-3H3/b11-8-,12-9-,20-17-,21-18-,29-26-,30-27-,36-34-,45-42-. The molecule has 1 atom stereocenters. The van der Waals surface area contributed by atoms with E-state index < -0.39 is 6.10 Å². The molecular weight excluding hydrogens is 961 g/mol. The van der Waals surface area contributed by atoms with Crippen molar-refractivity contribution in [3.63, 3.8) is 0 Å². The first-order valence-electron chi connectivity index (χ1n) is 33.2. The van der Waals surface area contributed by atoms with Crippen LogP contribution in [0.25, 0.3) is 0 Å². The first-order valence-corrected chi connectivity index (χ1v) is 33.2. The van der Waals surface area contributed by atoms with Gasteiger partial charge in [-0.1, -0.05) is 304 Å². The van der Waals surface area contributed by atoms with Crippen LogP contribution in [0.5, 0.6) is 0 Å². The van der Waals surface area contributed by atoms with E-state index in [9.17, 15) is 14.4 Å². The van der Waals surface area contributed by atoms with Gasteiger partial charge in [-0.15, -0.1) is 0 Å². The van der Waals surface area contributed by atoms with Gasteiger partial charge in [0.15, 0.2) is 6.10 Å². The second-order valence-electron chi connectivity index (χ2n) is 22.0. The molecule has 0 rings (SSSR count). The van der Waals surface area contributed by atoms with Crippen LogP contribution in [0.2, 0.25) is 0 Å². The van der Waals surface area contributed by atoms with Crippen molar-refractivity contribution in [2.45, 2.75) is 329 Å². The molecule has 0 aliphatic rings. The van der Waals surface area contributed by atoms with Crippen molar-refractivity contribution in [1.82, 2.24) is 0 Å². The van der Waals surface area contributed by atoms with E-state index in [1.165, 1.54) is 148 Å². The molecule has 0 spiro atoms. The summed E-state index contributed by atoms with van der Waals surface area (Å²) >= 11 is 0. The fourth-order valence-corrected chi connectivity index (χ4v) is 9.43. The lowest BCUT2D eigenvalue weighted by Crippen LogP contribution is -2.30. The van der Waals surface area contributed by atoms with Crippen molar-refractivity contribution in [2.75, 3.05) is 13.2 Å². The van der Waals surface area contributed by atoms with E-state index in [1.807, 2.05) is 0 Å². The maximum absolute atomic E-state index is 12.9. The molecule has 0 amide bonds. The Morgan fingerprint density at radius 2 is 0.500 bits per heavy atom. The lowest BCUT2D eigenvalue weighted by atomic mass is 10.0. The molecule has 6 heteroatoms. The number of hydrogen-bond donors (Lipinski definition) is 0. The Labute approximate surface area is 483 Å². The third-order valence-corrected chi connectivity index (χ3v) is 14.3. The van der Waals surface area contributed by atoms with E-state index in [2.05, 4.69) is 118 Å². The summed E-state index contributed by atoms with van der Waals surface area (Å²) in [6.45, 7) is 6.43. The molecular formula is C72H124O6. The average Bonchev–Trinajstić information content (AvgIpc) is 3.44. The third kappa shape index (κ3) is 63.2. The highest BCUT2D eigenvalue weighted by Crippen LogP contribution is 2.17. The molecule has 0 heterocycles. The molecule has 0 aromatic carbocycles. The van der Waals surface area contributed by atoms with Gasteiger partial charge in [-0.2, -0.15) is 0 Å². The molecule has 1 unspecified atom stereocenters. The van der Waals surface area contributed by atoms with Crippen molar-refractivity contribution in [3.8, 4) is 0 Å². The fourth-order valence-electron chi connectivity index (χ4n) is 9.43. The molecule has 0 aliphatic carbocycles. The van der Waals surface area contributed by atoms with Gasteiger partial charge in [0.05, 0.1) is 0 Å². The van der Waals surface area contributed by atoms with Crippen LogP contribution < -0.4 is 0 Å². The van der Waals surface area contributed by atoms with Crippen molar-refractivity contribution < 1.29 is 28.6 Å². The quantitative estimate of drug-likeness (QED) is 0.0261. The predicted octanol–water partition coefficient (Wildman–Crippen LogP) is 22.8. The SMILES string of the molecule is CC/C=C\C/C=C\C/C=C\C/C=C\C/C=C\CCCCCCCC(=O)OC(COC(=O)CCCCCCCCC/C=C\C/C=C\C/C=C\CC)COC(=O)CCCCCCCCCCCCCCCCCCCCCCCC. The second kappa shape index (κ2) is 65.8. The van der Waals surface area contributed by atoms with E-state index in [1.54, 1.807) is 0 Å². The zero-order valence-electron chi connectivity index (χ0n) is 51.4. The van der Waals surface area contributed by atoms with E-state index >= 15 is 0 Å². The summed E-state index contributed by atoms with van der Waals surface area (Å²) < 4.78 is 17.0. The minimum atomic E-state index is -0.794. The topological polar surface area (TPSA) is 78.9 Å². The summed E-state index contributed by atoms with van der Waals surface area (Å²) in [5.74, 6) is -0.902. The number of esters is 3. The normalized spacial score (nSPS) is 12.7. The van der Waals surface area contributed by atoms with Gasteiger partial charge in [-0.05, 0) is 96.3 Å². The van der Waals surface area contributed by atoms with E-state index in [4.69, 9.17) is 14.2 Å². The van der Waals surface area contributed by atoms with Crippen molar-refractivity contribution in [3.05, 3.63) is 97.2 Å². The summed E-state index contributed by atoms with van der Waals surface area (Å²) in [6.07, 6.45) is 88.4. The molecule has 0 aliphatic heterocycles. The zero-order chi connectivity index (χ0) is 56.4. The Hall–Kier alpha value is -3.67. The Morgan fingerprint density at radius 3 is 0.782 bits per heavy atom. The van der Waals surface area contributed by atoms with Gasteiger partial charge in [0.1, 0.15) is 13.2 Å². The average molecular weight is 1090 g/mol. The summed E-state index contributed by atoms with van der Waals surface area (Å²) in [5, 5.41) is 0. The highest BCUT2D eigenvalue weighted by atomic mass is 16.6. The van der Waals surface area contributed by atoms with Gasteiger partial charge >= 0.3 is 17.9 Å². The maximum Gasteiger partial charge on any atom is 0.306 e. The van der Waals surface area contributed by atoms with Crippen molar-refractivity contribution >= 4 is 17.9 Å². The van der Waals surface area contributed by atoms with Gasteiger partial charge in [-0.25, -0.2) is 0 Å². The van der Waals surface area contributed by atoms with Crippen LogP contribution in [0.4, 0.5) is 0 Å². The summed E-state index contributed by atoms with van der Waals surface area (Å²) in [4.78, 5) is 38.4. The van der Waals surface area contributed by atoms with Gasteiger partial charge in [-0.3, -0.25) is 14.4 Å². The molecule has 0 fully saturated rings. The molecule has 0 bridgehead atoms. The molecule has 0 saturated heterocycles. The molecule has 448 valence electrons. The van der Waals surface area contributed by atoms with Crippen LogP contribution in [-0.4, -0.2) is 37.2 Å². The second-order valence-corrected chi connectivity index (χ2v) is 22.0. The van der Waals surface area contributed by atoms with Crippen LogP contribution in [-0.2, 0) is 28.6 Å². The van der Waals surface area contributed by atoms with Crippen LogP contribution >= 0.6 is 0 Å². The van der Waals surface area contributed by atoms with Crippen molar-refractivity contribution in [1.29, 1.82) is 0 Å². The smallest absolute Gasteiger partial charge is 0.306 e. The van der Waals surface area contributed by atoms with Crippen molar-refractivity contribution in [2.24, 2.45) is 0 Å². The Balaban J connectivity index is 4.40. The highest BCUT2D eigenvalue weighted by Gasteiger charge is 2.19. The first-order chi connectivity index (χ1) is 38.5. The van der Waals surface area contributed by atoms with Gasteiger partial charge in [0.2, 0.25) is 0 Å². The lowest BCUT2D eigenvalue weighted by Gasteiger charge is -2.18. The minimum absolute atomic E-state index is 0.0866. The number of carbonyl (C=O) groups is 3. The minimum Gasteiger partial charge on any atom is -0.462 e.